The quantitative estimate of drug-likeness (QED) is 0.447. The molecule has 0 saturated carbocycles. The Hall–Kier alpha value is -0.860. The lowest BCUT2D eigenvalue weighted by Crippen LogP contribution is -2.07. The number of hydrogen-bond donors (Lipinski definition) is 0. The summed E-state index contributed by atoms with van der Waals surface area (Å²) in [6.07, 6.45) is 0. The van der Waals surface area contributed by atoms with Crippen molar-refractivity contribution in [3.8, 4) is 0 Å². The van der Waals surface area contributed by atoms with Gasteiger partial charge in [0.1, 0.15) is 0 Å². The number of benzene rings is 1. The van der Waals surface area contributed by atoms with E-state index in [0.29, 0.717) is 5.92 Å². The van der Waals surface area contributed by atoms with Crippen LogP contribution in [-0.4, -0.2) is 0 Å². The molecular weight excluding hydrogens is 292 g/mol. The molecule has 0 aliphatic rings. The van der Waals surface area contributed by atoms with Crippen molar-refractivity contribution in [2.75, 3.05) is 0 Å². The Bertz CT molecular complexity index is 766. The molecule has 0 saturated heterocycles. The van der Waals surface area contributed by atoms with E-state index in [-0.39, 0.29) is 5.41 Å². The van der Waals surface area contributed by atoms with E-state index in [1.165, 1.54) is 41.1 Å². The van der Waals surface area contributed by atoms with Crippen molar-refractivity contribution in [3.63, 3.8) is 0 Å². The van der Waals surface area contributed by atoms with Crippen LogP contribution in [0.2, 0.25) is 0 Å². The molecule has 0 radical (unpaired) electrons. The van der Waals surface area contributed by atoms with Crippen molar-refractivity contribution in [1.82, 2.24) is 0 Å². The summed E-state index contributed by atoms with van der Waals surface area (Å²) in [5, 5.41) is 2.93. The first-order valence-electron chi connectivity index (χ1n) is 7.66. The molecule has 0 aliphatic carbocycles. The molecule has 2 aromatic heterocycles. The van der Waals surface area contributed by atoms with Crippen molar-refractivity contribution in [3.05, 3.63) is 33.0 Å². The van der Waals surface area contributed by atoms with Crippen LogP contribution in [0.4, 0.5) is 0 Å². The highest BCUT2D eigenvalue weighted by atomic mass is 32.1. The average Bonchev–Trinajstić information content (AvgIpc) is 3.00. The number of rotatable bonds is 1. The molecule has 3 aromatic rings. The minimum absolute atomic E-state index is 0.235. The van der Waals surface area contributed by atoms with Crippen molar-refractivity contribution < 1.29 is 0 Å². The van der Waals surface area contributed by atoms with Gasteiger partial charge in [-0.15, -0.1) is 22.7 Å². The Morgan fingerprint density at radius 2 is 1.38 bits per heavy atom. The van der Waals surface area contributed by atoms with Crippen LogP contribution in [0.1, 0.15) is 61.4 Å². The van der Waals surface area contributed by atoms with Crippen molar-refractivity contribution in [2.45, 2.75) is 59.8 Å². The summed E-state index contributed by atoms with van der Waals surface area (Å²) in [6.45, 7) is 16.1. The molecule has 0 bridgehead atoms. The number of hydrogen-bond acceptors (Lipinski definition) is 2. The summed E-state index contributed by atoms with van der Waals surface area (Å²) in [5.41, 5.74) is 3.17. The number of thiophene rings is 2. The number of fused-ring (bicyclic) bond motifs is 2. The van der Waals surface area contributed by atoms with Crippen LogP contribution in [0.3, 0.4) is 0 Å². The zero-order valence-corrected chi connectivity index (χ0v) is 15.7. The highest BCUT2D eigenvalue weighted by molar-refractivity contribution is 7.21. The summed E-state index contributed by atoms with van der Waals surface area (Å²) in [5.74, 6) is 0.615. The standard InChI is InChI=1S/C19H24S2/c1-10(2)15-8-13-11(3)18-14(12(4)17(13)20-15)9-16(21-18)19(5,6)7/h8-10H,1-7H3. The van der Waals surface area contributed by atoms with E-state index < -0.39 is 0 Å². The lowest BCUT2D eigenvalue weighted by molar-refractivity contribution is 0.604. The Kier molecular flexibility index (Phi) is 3.46. The molecule has 0 amide bonds. The maximum atomic E-state index is 2.43. The van der Waals surface area contributed by atoms with Gasteiger partial charge in [0.15, 0.2) is 0 Å². The molecule has 21 heavy (non-hydrogen) atoms. The van der Waals surface area contributed by atoms with E-state index in [2.05, 4.69) is 60.6 Å². The summed E-state index contributed by atoms with van der Waals surface area (Å²) in [4.78, 5) is 3.00. The molecular formula is C19H24S2. The SMILES string of the molecule is Cc1c2cc(C(C)(C)C)sc2c(C)c2cc(C(C)C)sc12. The smallest absolute Gasteiger partial charge is 0.0384 e. The Morgan fingerprint density at radius 3 is 1.90 bits per heavy atom. The fourth-order valence-electron chi connectivity index (χ4n) is 2.81. The van der Waals surface area contributed by atoms with E-state index in [1.807, 2.05) is 22.7 Å². The second-order valence-electron chi connectivity index (χ2n) is 7.40. The van der Waals surface area contributed by atoms with Gasteiger partial charge >= 0.3 is 0 Å². The maximum absolute atomic E-state index is 2.43. The second-order valence-corrected chi connectivity index (χ2v) is 9.54. The summed E-state index contributed by atoms with van der Waals surface area (Å²) >= 11 is 3.96. The molecule has 0 atom stereocenters. The predicted molar refractivity (Wildman–Crippen MR) is 99.5 cm³/mol. The first kappa shape index (κ1) is 15.1. The molecule has 3 rings (SSSR count). The van der Waals surface area contributed by atoms with Gasteiger partial charge in [-0.25, -0.2) is 0 Å². The fourth-order valence-corrected chi connectivity index (χ4v) is 5.34. The van der Waals surface area contributed by atoms with Crippen LogP contribution in [0.5, 0.6) is 0 Å². The Balaban J connectivity index is 2.39. The monoisotopic (exact) mass is 316 g/mol. The Labute approximate surface area is 135 Å². The lowest BCUT2D eigenvalue weighted by atomic mass is 9.93. The van der Waals surface area contributed by atoms with E-state index in [1.54, 1.807) is 0 Å². The van der Waals surface area contributed by atoms with Crippen molar-refractivity contribution in [2.24, 2.45) is 0 Å². The third kappa shape index (κ3) is 2.33. The molecule has 0 fully saturated rings. The average molecular weight is 317 g/mol. The lowest BCUT2D eigenvalue weighted by Gasteiger charge is -2.15. The number of aryl methyl sites for hydroxylation is 2. The van der Waals surface area contributed by atoms with Crippen LogP contribution in [0.25, 0.3) is 20.2 Å². The molecule has 0 unspecified atom stereocenters. The van der Waals surface area contributed by atoms with Gasteiger partial charge in [-0.2, -0.15) is 0 Å². The van der Waals surface area contributed by atoms with Crippen LogP contribution in [0, 0.1) is 13.8 Å². The van der Waals surface area contributed by atoms with Crippen LogP contribution in [-0.2, 0) is 5.41 Å². The van der Waals surface area contributed by atoms with Gasteiger partial charge in [0.25, 0.3) is 0 Å². The van der Waals surface area contributed by atoms with E-state index in [9.17, 15) is 0 Å². The summed E-state index contributed by atoms with van der Waals surface area (Å²) in [7, 11) is 0. The molecule has 0 spiro atoms. The molecule has 0 N–H and O–H groups in total. The molecule has 1 aromatic carbocycles. The molecule has 2 heterocycles. The van der Waals surface area contributed by atoms with Gasteiger partial charge in [-0.05, 0) is 59.2 Å². The fraction of sp³-hybridized carbons (Fsp3) is 0.474. The summed E-state index contributed by atoms with van der Waals surface area (Å²) < 4.78 is 2.97. The Morgan fingerprint density at radius 1 is 0.857 bits per heavy atom. The molecule has 2 heteroatoms. The van der Waals surface area contributed by atoms with Gasteiger partial charge in [-0.3, -0.25) is 0 Å². The van der Waals surface area contributed by atoms with E-state index >= 15 is 0 Å². The van der Waals surface area contributed by atoms with E-state index in [4.69, 9.17) is 0 Å². The van der Waals surface area contributed by atoms with Crippen molar-refractivity contribution >= 4 is 42.8 Å². The largest absolute Gasteiger partial charge is 0.140 e. The maximum Gasteiger partial charge on any atom is 0.0384 e. The highest BCUT2D eigenvalue weighted by Crippen LogP contribution is 2.44. The van der Waals surface area contributed by atoms with E-state index in [0.717, 1.165) is 0 Å². The minimum atomic E-state index is 0.235. The third-order valence-electron chi connectivity index (χ3n) is 4.28. The zero-order chi connectivity index (χ0) is 15.5. The van der Waals surface area contributed by atoms with Crippen molar-refractivity contribution in [1.29, 1.82) is 0 Å². The predicted octanol–water partition coefficient (Wildman–Crippen LogP) is 7.15. The third-order valence-corrected chi connectivity index (χ3v) is 7.52. The topological polar surface area (TPSA) is 0 Å². The van der Waals surface area contributed by atoms with Crippen LogP contribution < -0.4 is 0 Å². The first-order valence-corrected chi connectivity index (χ1v) is 9.30. The van der Waals surface area contributed by atoms with Gasteiger partial charge in [0.05, 0.1) is 0 Å². The normalized spacial score (nSPS) is 13.0. The summed E-state index contributed by atoms with van der Waals surface area (Å²) in [6, 6.07) is 4.85. The van der Waals surface area contributed by atoms with Gasteiger partial charge in [0, 0.05) is 19.2 Å². The first-order chi connectivity index (χ1) is 9.70. The van der Waals surface area contributed by atoms with Gasteiger partial charge in [-0.1, -0.05) is 34.6 Å². The molecule has 0 aliphatic heterocycles. The van der Waals surface area contributed by atoms with Gasteiger partial charge < -0.3 is 0 Å². The van der Waals surface area contributed by atoms with Gasteiger partial charge in [0.2, 0.25) is 0 Å². The molecule has 112 valence electrons. The van der Waals surface area contributed by atoms with Crippen LogP contribution >= 0.6 is 22.7 Å². The molecule has 0 nitrogen and oxygen atoms in total. The zero-order valence-electron chi connectivity index (χ0n) is 14.0. The minimum Gasteiger partial charge on any atom is -0.140 e. The van der Waals surface area contributed by atoms with Crippen LogP contribution in [0.15, 0.2) is 12.1 Å². The highest BCUT2D eigenvalue weighted by Gasteiger charge is 2.21. The second kappa shape index (κ2) is 4.82.